The molecule has 0 unspecified atom stereocenters. The fourth-order valence-electron chi connectivity index (χ4n) is 2.08. The quantitative estimate of drug-likeness (QED) is 0.652. The van der Waals surface area contributed by atoms with Gasteiger partial charge in [-0.3, -0.25) is 0 Å². The molecule has 6 heteroatoms. The molecular weight excluding hydrogens is 291 g/mol. The Labute approximate surface area is 127 Å². The maximum Gasteiger partial charge on any atom is 0.243 e. The van der Waals surface area contributed by atoms with Crippen LogP contribution in [0.4, 0.5) is 4.39 Å². The van der Waals surface area contributed by atoms with Crippen molar-refractivity contribution in [2.24, 2.45) is 5.73 Å². The zero-order valence-electron chi connectivity index (χ0n) is 12.6. The Hall–Kier alpha value is -0.980. The van der Waals surface area contributed by atoms with E-state index in [0.717, 1.165) is 19.3 Å². The Morgan fingerprint density at radius 1 is 1.14 bits per heavy atom. The summed E-state index contributed by atoms with van der Waals surface area (Å²) in [4.78, 5) is -0.314. The van der Waals surface area contributed by atoms with Crippen molar-refractivity contribution < 1.29 is 12.8 Å². The standard InChI is InChI=1S/C15H25FN2O2S/c1-2-3-4-5-6-7-10-18-21(19,20)15-9-8-13(12-17)11-14(15)16/h8-9,11,18H,2-7,10,12,17H2,1H3. The number of nitrogens with one attached hydrogen (secondary N) is 1. The molecule has 0 saturated carbocycles. The average molecular weight is 316 g/mol. The Morgan fingerprint density at radius 3 is 2.43 bits per heavy atom. The number of hydrogen-bond acceptors (Lipinski definition) is 3. The van der Waals surface area contributed by atoms with E-state index in [0.29, 0.717) is 12.1 Å². The minimum atomic E-state index is -3.78. The van der Waals surface area contributed by atoms with E-state index in [9.17, 15) is 12.8 Å². The van der Waals surface area contributed by atoms with Crippen LogP contribution in [0.25, 0.3) is 0 Å². The van der Waals surface area contributed by atoms with Crippen molar-refractivity contribution in [3.05, 3.63) is 29.6 Å². The van der Waals surface area contributed by atoms with Crippen LogP contribution in [0.2, 0.25) is 0 Å². The molecule has 0 amide bonds. The van der Waals surface area contributed by atoms with Crippen LogP contribution >= 0.6 is 0 Å². The summed E-state index contributed by atoms with van der Waals surface area (Å²) in [7, 11) is -3.78. The zero-order chi connectivity index (χ0) is 15.7. The monoisotopic (exact) mass is 316 g/mol. The van der Waals surface area contributed by atoms with Crippen LogP contribution in [0.1, 0.15) is 51.0 Å². The fourth-order valence-corrected chi connectivity index (χ4v) is 3.21. The predicted octanol–water partition coefficient (Wildman–Crippen LogP) is 2.92. The molecule has 0 aliphatic rings. The van der Waals surface area contributed by atoms with Crippen LogP contribution in [-0.4, -0.2) is 15.0 Å². The molecule has 0 radical (unpaired) electrons. The molecule has 0 aliphatic heterocycles. The highest BCUT2D eigenvalue weighted by atomic mass is 32.2. The highest BCUT2D eigenvalue weighted by Gasteiger charge is 2.18. The summed E-state index contributed by atoms with van der Waals surface area (Å²) in [5.74, 6) is -0.756. The predicted molar refractivity (Wildman–Crippen MR) is 82.9 cm³/mol. The van der Waals surface area contributed by atoms with Gasteiger partial charge in [-0.1, -0.05) is 45.1 Å². The first-order chi connectivity index (χ1) is 10.0. The number of halogens is 1. The van der Waals surface area contributed by atoms with E-state index < -0.39 is 15.8 Å². The summed E-state index contributed by atoms with van der Waals surface area (Å²) >= 11 is 0. The normalized spacial score (nSPS) is 11.8. The van der Waals surface area contributed by atoms with Crippen molar-refractivity contribution in [1.29, 1.82) is 0 Å². The lowest BCUT2D eigenvalue weighted by Gasteiger charge is -2.08. The van der Waals surface area contributed by atoms with Gasteiger partial charge in [0.2, 0.25) is 10.0 Å². The maximum atomic E-state index is 13.8. The molecule has 120 valence electrons. The van der Waals surface area contributed by atoms with Gasteiger partial charge in [0.15, 0.2) is 0 Å². The van der Waals surface area contributed by atoms with Crippen LogP contribution in [0, 0.1) is 5.82 Å². The molecule has 1 aromatic rings. The number of nitrogens with two attached hydrogens (primary N) is 1. The van der Waals surface area contributed by atoms with Gasteiger partial charge >= 0.3 is 0 Å². The molecule has 0 saturated heterocycles. The summed E-state index contributed by atoms with van der Waals surface area (Å²) in [6.45, 7) is 2.67. The van der Waals surface area contributed by atoms with Crippen LogP contribution in [-0.2, 0) is 16.6 Å². The molecule has 0 atom stereocenters. The van der Waals surface area contributed by atoms with Crippen LogP contribution in [0.3, 0.4) is 0 Å². The first-order valence-electron chi connectivity index (χ1n) is 7.49. The molecule has 1 aromatic carbocycles. The van der Waals surface area contributed by atoms with E-state index in [1.54, 1.807) is 0 Å². The van der Waals surface area contributed by atoms with Gasteiger partial charge in [-0.15, -0.1) is 0 Å². The molecule has 0 heterocycles. The molecule has 0 aromatic heterocycles. The molecule has 0 bridgehead atoms. The minimum absolute atomic E-state index is 0.183. The number of sulfonamides is 1. The summed E-state index contributed by atoms with van der Waals surface area (Å²) in [5.41, 5.74) is 5.97. The lowest BCUT2D eigenvalue weighted by atomic mass is 10.1. The Bertz CT molecular complexity index is 532. The van der Waals surface area contributed by atoms with E-state index in [2.05, 4.69) is 11.6 Å². The van der Waals surface area contributed by atoms with Gasteiger partial charge < -0.3 is 5.73 Å². The second-order valence-electron chi connectivity index (χ2n) is 5.13. The second kappa shape index (κ2) is 9.12. The largest absolute Gasteiger partial charge is 0.326 e. The van der Waals surface area contributed by atoms with E-state index >= 15 is 0 Å². The third-order valence-electron chi connectivity index (χ3n) is 3.34. The van der Waals surface area contributed by atoms with Crippen molar-refractivity contribution in [1.82, 2.24) is 4.72 Å². The first kappa shape index (κ1) is 18.1. The average Bonchev–Trinajstić information content (AvgIpc) is 2.45. The lowest BCUT2D eigenvalue weighted by molar-refractivity contribution is 0.549. The van der Waals surface area contributed by atoms with Crippen LogP contribution < -0.4 is 10.5 Å². The van der Waals surface area contributed by atoms with Gasteiger partial charge in [0.1, 0.15) is 10.7 Å². The molecular formula is C15H25FN2O2S. The van der Waals surface area contributed by atoms with Gasteiger partial charge in [-0.05, 0) is 24.1 Å². The zero-order valence-corrected chi connectivity index (χ0v) is 13.4. The van der Waals surface area contributed by atoms with E-state index in [4.69, 9.17) is 5.73 Å². The lowest BCUT2D eigenvalue weighted by Crippen LogP contribution is -2.25. The highest BCUT2D eigenvalue weighted by Crippen LogP contribution is 2.16. The number of rotatable bonds is 10. The minimum Gasteiger partial charge on any atom is -0.326 e. The topological polar surface area (TPSA) is 72.2 Å². The Kier molecular flexibility index (Phi) is 7.85. The van der Waals surface area contributed by atoms with Crippen molar-refractivity contribution in [2.75, 3.05) is 6.54 Å². The van der Waals surface area contributed by atoms with Crippen molar-refractivity contribution >= 4 is 10.0 Å². The van der Waals surface area contributed by atoms with Crippen LogP contribution in [0.5, 0.6) is 0 Å². The molecule has 4 nitrogen and oxygen atoms in total. The fraction of sp³-hybridized carbons (Fsp3) is 0.600. The van der Waals surface area contributed by atoms with Gasteiger partial charge in [-0.2, -0.15) is 0 Å². The summed E-state index contributed by atoms with van der Waals surface area (Å²) in [6.07, 6.45) is 6.44. The van der Waals surface area contributed by atoms with Crippen molar-refractivity contribution in [2.45, 2.75) is 56.9 Å². The van der Waals surface area contributed by atoms with Crippen molar-refractivity contribution in [3.8, 4) is 0 Å². The second-order valence-corrected chi connectivity index (χ2v) is 6.87. The van der Waals surface area contributed by atoms with Gasteiger partial charge in [0.05, 0.1) is 0 Å². The number of hydrogen-bond donors (Lipinski definition) is 2. The van der Waals surface area contributed by atoms with Gasteiger partial charge in [0, 0.05) is 13.1 Å². The SMILES string of the molecule is CCCCCCCCNS(=O)(=O)c1ccc(CN)cc1F. The number of unbranched alkanes of at least 4 members (excludes halogenated alkanes) is 5. The van der Waals surface area contributed by atoms with E-state index in [1.807, 2.05) is 0 Å². The van der Waals surface area contributed by atoms with E-state index in [-0.39, 0.29) is 11.4 Å². The summed E-state index contributed by atoms with van der Waals surface area (Å²) < 4.78 is 40.2. The maximum absolute atomic E-state index is 13.8. The van der Waals surface area contributed by atoms with Crippen LogP contribution in [0.15, 0.2) is 23.1 Å². The number of benzene rings is 1. The third-order valence-corrected chi connectivity index (χ3v) is 4.84. The Balaban J connectivity index is 2.46. The van der Waals surface area contributed by atoms with Gasteiger partial charge in [0.25, 0.3) is 0 Å². The first-order valence-corrected chi connectivity index (χ1v) is 8.97. The molecule has 1 rings (SSSR count). The molecule has 0 fully saturated rings. The van der Waals surface area contributed by atoms with Gasteiger partial charge in [-0.25, -0.2) is 17.5 Å². The molecule has 21 heavy (non-hydrogen) atoms. The summed E-state index contributed by atoms with van der Waals surface area (Å²) in [6, 6.07) is 3.96. The van der Waals surface area contributed by atoms with E-state index in [1.165, 1.54) is 37.5 Å². The van der Waals surface area contributed by atoms with Crippen molar-refractivity contribution in [3.63, 3.8) is 0 Å². The smallest absolute Gasteiger partial charge is 0.243 e. The molecule has 0 aliphatic carbocycles. The summed E-state index contributed by atoms with van der Waals surface area (Å²) in [5, 5.41) is 0. The third kappa shape index (κ3) is 6.11. The Morgan fingerprint density at radius 2 is 1.81 bits per heavy atom. The highest BCUT2D eigenvalue weighted by molar-refractivity contribution is 7.89. The molecule has 3 N–H and O–H groups in total. The molecule has 0 spiro atoms.